The van der Waals surface area contributed by atoms with Gasteiger partial charge in [0, 0.05) is 6.08 Å². The molecule has 0 bridgehead atoms. The van der Waals surface area contributed by atoms with E-state index in [0.717, 1.165) is 0 Å². The van der Waals surface area contributed by atoms with Crippen molar-refractivity contribution in [1.82, 2.24) is 0 Å². The number of halogens is 1. The fraction of sp³-hybridized carbons (Fsp3) is 0.0588. The average Bonchev–Trinajstić information content (AvgIpc) is 2.55. The Morgan fingerprint density at radius 2 is 1.87 bits per heavy atom. The molecule has 0 atom stereocenters. The lowest BCUT2D eigenvalue weighted by atomic mass is 10.2. The van der Waals surface area contributed by atoms with Gasteiger partial charge in [0.1, 0.15) is 11.6 Å². The van der Waals surface area contributed by atoms with Gasteiger partial charge in [-0.05, 0) is 42.0 Å². The highest BCUT2D eigenvalue weighted by Gasteiger charge is 2.10. The summed E-state index contributed by atoms with van der Waals surface area (Å²) in [4.78, 5) is 23.1. The van der Waals surface area contributed by atoms with E-state index in [1.54, 1.807) is 0 Å². The van der Waals surface area contributed by atoms with Gasteiger partial charge in [-0.3, -0.25) is 4.79 Å². The van der Waals surface area contributed by atoms with E-state index >= 15 is 0 Å². The number of methoxy groups -OCH3 is 1. The number of carbonyl (C=O) groups is 2. The molecule has 0 aliphatic carbocycles. The molecule has 0 aliphatic heterocycles. The molecule has 118 valence electrons. The van der Waals surface area contributed by atoms with Crippen molar-refractivity contribution >= 4 is 23.6 Å². The summed E-state index contributed by atoms with van der Waals surface area (Å²) in [5, 5.41) is 12.3. The second-order valence-corrected chi connectivity index (χ2v) is 4.60. The molecule has 0 aromatic heterocycles. The molecule has 0 aliphatic rings. The van der Waals surface area contributed by atoms with Gasteiger partial charge in [0.05, 0.1) is 18.4 Å². The molecule has 5 nitrogen and oxygen atoms in total. The Labute approximate surface area is 132 Å². The second-order valence-electron chi connectivity index (χ2n) is 4.60. The first-order valence-electron chi connectivity index (χ1n) is 6.65. The van der Waals surface area contributed by atoms with E-state index in [0.29, 0.717) is 5.56 Å². The van der Waals surface area contributed by atoms with E-state index in [1.807, 2.05) is 0 Å². The summed E-state index contributed by atoms with van der Waals surface area (Å²) < 4.78 is 17.3. The highest BCUT2D eigenvalue weighted by atomic mass is 19.1. The second kappa shape index (κ2) is 7.22. The molecule has 0 spiro atoms. The number of aromatic hydroxyl groups is 1. The number of nitrogens with one attached hydrogen (secondary N) is 1. The summed E-state index contributed by atoms with van der Waals surface area (Å²) in [5.74, 6) is -1.68. The SMILES string of the molecule is COC(=O)c1ccc(NC(=O)/C=C/c2ccc(F)cc2)c(O)c1. The Kier molecular flexibility index (Phi) is 5.09. The maximum absolute atomic E-state index is 12.8. The monoisotopic (exact) mass is 315 g/mol. The third-order valence-electron chi connectivity index (χ3n) is 2.97. The van der Waals surface area contributed by atoms with Crippen LogP contribution in [0.3, 0.4) is 0 Å². The van der Waals surface area contributed by atoms with Crippen LogP contribution in [0.1, 0.15) is 15.9 Å². The molecule has 0 saturated carbocycles. The van der Waals surface area contributed by atoms with Crippen LogP contribution in [-0.2, 0) is 9.53 Å². The molecule has 6 heteroatoms. The number of benzene rings is 2. The van der Waals surface area contributed by atoms with Crippen molar-refractivity contribution in [2.24, 2.45) is 0 Å². The normalized spacial score (nSPS) is 10.5. The number of rotatable bonds is 4. The molecule has 2 rings (SSSR count). The Hall–Kier alpha value is -3.15. The summed E-state index contributed by atoms with van der Waals surface area (Å²) in [6, 6.07) is 9.65. The number of hydrogen-bond donors (Lipinski definition) is 2. The molecule has 23 heavy (non-hydrogen) atoms. The van der Waals surface area contributed by atoms with Crippen molar-refractivity contribution in [2.75, 3.05) is 12.4 Å². The van der Waals surface area contributed by atoms with Crippen molar-refractivity contribution in [1.29, 1.82) is 0 Å². The van der Waals surface area contributed by atoms with Crippen LogP contribution in [0, 0.1) is 5.82 Å². The molecular formula is C17H14FNO4. The number of carbonyl (C=O) groups excluding carboxylic acids is 2. The molecule has 0 radical (unpaired) electrons. The van der Waals surface area contributed by atoms with Crippen molar-refractivity contribution < 1.29 is 23.8 Å². The molecule has 2 N–H and O–H groups in total. The number of esters is 1. The summed E-state index contributed by atoms with van der Waals surface area (Å²) in [5.41, 5.74) is 0.989. The number of phenolic OH excluding ortho intramolecular Hbond substituents is 1. The van der Waals surface area contributed by atoms with Crippen molar-refractivity contribution in [3.05, 3.63) is 65.5 Å². The standard InChI is InChI=1S/C17H14FNO4/c1-23-17(22)12-5-8-14(15(20)10-12)19-16(21)9-4-11-2-6-13(18)7-3-11/h2-10,20H,1H3,(H,19,21)/b9-4+. The van der Waals surface area contributed by atoms with Crippen molar-refractivity contribution in [2.45, 2.75) is 0 Å². The van der Waals surface area contributed by atoms with Crippen LogP contribution < -0.4 is 5.32 Å². The number of hydrogen-bond acceptors (Lipinski definition) is 4. The number of ether oxygens (including phenoxy) is 1. The van der Waals surface area contributed by atoms with Crippen LogP contribution in [0.15, 0.2) is 48.5 Å². The summed E-state index contributed by atoms with van der Waals surface area (Å²) in [7, 11) is 1.23. The van der Waals surface area contributed by atoms with E-state index < -0.39 is 11.9 Å². The minimum atomic E-state index is -0.589. The lowest BCUT2D eigenvalue weighted by molar-refractivity contribution is -0.111. The molecular weight excluding hydrogens is 301 g/mol. The highest BCUT2D eigenvalue weighted by molar-refractivity contribution is 6.03. The van der Waals surface area contributed by atoms with Crippen LogP contribution in [0.4, 0.5) is 10.1 Å². The van der Waals surface area contributed by atoms with E-state index in [1.165, 1.54) is 61.7 Å². The summed E-state index contributed by atoms with van der Waals surface area (Å²) in [6.45, 7) is 0. The first-order chi connectivity index (χ1) is 11.0. The molecule has 0 heterocycles. The van der Waals surface area contributed by atoms with E-state index in [2.05, 4.69) is 10.1 Å². The first-order valence-corrected chi connectivity index (χ1v) is 6.65. The number of phenols is 1. The number of amides is 1. The lowest BCUT2D eigenvalue weighted by Gasteiger charge is -2.06. The van der Waals surface area contributed by atoms with Gasteiger partial charge in [-0.2, -0.15) is 0 Å². The lowest BCUT2D eigenvalue weighted by Crippen LogP contribution is -2.08. The Bertz CT molecular complexity index is 754. The topological polar surface area (TPSA) is 75.6 Å². The molecule has 0 saturated heterocycles. The molecule has 1 amide bonds. The van der Waals surface area contributed by atoms with Gasteiger partial charge in [0.15, 0.2) is 0 Å². The molecule has 2 aromatic rings. The minimum Gasteiger partial charge on any atom is -0.506 e. The summed E-state index contributed by atoms with van der Waals surface area (Å²) in [6.07, 6.45) is 2.76. The zero-order chi connectivity index (χ0) is 16.8. The van der Waals surface area contributed by atoms with Gasteiger partial charge in [-0.15, -0.1) is 0 Å². The fourth-order valence-electron chi connectivity index (χ4n) is 1.80. The number of anilines is 1. The van der Waals surface area contributed by atoms with Gasteiger partial charge in [-0.25, -0.2) is 9.18 Å². The van der Waals surface area contributed by atoms with Gasteiger partial charge in [0.25, 0.3) is 0 Å². The third-order valence-corrected chi connectivity index (χ3v) is 2.97. The van der Waals surface area contributed by atoms with Crippen LogP contribution in [-0.4, -0.2) is 24.1 Å². The maximum atomic E-state index is 12.8. The Morgan fingerprint density at radius 1 is 1.17 bits per heavy atom. The van der Waals surface area contributed by atoms with Crippen LogP contribution >= 0.6 is 0 Å². The largest absolute Gasteiger partial charge is 0.506 e. The van der Waals surface area contributed by atoms with Gasteiger partial charge >= 0.3 is 5.97 Å². The van der Waals surface area contributed by atoms with E-state index in [-0.39, 0.29) is 22.8 Å². The third kappa shape index (κ3) is 4.41. The molecule has 0 unspecified atom stereocenters. The van der Waals surface area contributed by atoms with Crippen LogP contribution in [0.5, 0.6) is 5.75 Å². The minimum absolute atomic E-state index is 0.159. The smallest absolute Gasteiger partial charge is 0.337 e. The van der Waals surface area contributed by atoms with Crippen molar-refractivity contribution in [3.8, 4) is 5.75 Å². The summed E-state index contributed by atoms with van der Waals surface area (Å²) >= 11 is 0. The Balaban J connectivity index is 2.05. The maximum Gasteiger partial charge on any atom is 0.337 e. The van der Waals surface area contributed by atoms with E-state index in [9.17, 15) is 19.1 Å². The van der Waals surface area contributed by atoms with Gasteiger partial charge < -0.3 is 15.2 Å². The van der Waals surface area contributed by atoms with Crippen LogP contribution in [0.2, 0.25) is 0 Å². The van der Waals surface area contributed by atoms with Gasteiger partial charge in [-0.1, -0.05) is 12.1 Å². The predicted molar refractivity (Wildman–Crippen MR) is 83.5 cm³/mol. The molecule has 2 aromatic carbocycles. The van der Waals surface area contributed by atoms with Crippen molar-refractivity contribution in [3.63, 3.8) is 0 Å². The zero-order valence-electron chi connectivity index (χ0n) is 12.2. The predicted octanol–water partition coefficient (Wildman–Crippen LogP) is 2.97. The zero-order valence-corrected chi connectivity index (χ0v) is 12.2. The van der Waals surface area contributed by atoms with Gasteiger partial charge in [0.2, 0.25) is 5.91 Å². The average molecular weight is 315 g/mol. The highest BCUT2D eigenvalue weighted by Crippen LogP contribution is 2.24. The Morgan fingerprint density at radius 3 is 2.48 bits per heavy atom. The molecule has 0 fully saturated rings. The van der Waals surface area contributed by atoms with Crippen LogP contribution in [0.25, 0.3) is 6.08 Å². The van der Waals surface area contributed by atoms with E-state index in [4.69, 9.17) is 0 Å². The first kappa shape index (κ1) is 16.2. The fourth-order valence-corrected chi connectivity index (χ4v) is 1.80. The quantitative estimate of drug-likeness (QED) is 0.517.